The zero-order valence-electron chi connectivity index (χ0n) is 12.2. The van der Waals surface area contributed by atoms with Gasteiger partial charge in [-0.3, -0.25) is 4.99 Å². The topological polar surface area (TPSA) is 67.4 Å². The molecule has 2 heterocycles. The van der Waals surface area contributed by atoms with Gasteiger partial charge in [-0.2, -0.15) is 0 Å². The first-order valence-electron chi connectivity index (χ1n) is 6.45. The molecule has 0 amide bonds. The molecule has 1 aliphatic rings. The first-order valence-corrected chi connectivity index (χ1v) is 7.68. The van der Waals surface area contributed by atoms with Gasteiger partial charge in [0, 0.05) is 24.8 Å². The molecule has 1 fully saturated rings. The van der Waals surface area contributed by atoms with Crippen molar-refractivity contribution in [1.82, 2.24) is 9.97 Å². The van der Waals surface area contributed by atoms with Crippen LogP contribution in [0.15, 0.2) is 17.4 Å². The summed E-state index contributed by atoms with van der Waals surface area (Å²) in [6.07, 6.45) is 5.58. The summed E-state index contributed by atoms with van der Waals surface area (Å²) in [6, 6.07) is 2.03. The highest BCUT2D eigenvalue weighted by Gasteiger charge is 2.30. The number of piperidine rings is 1. The summed E-state index contributed by atoms with van der Waals surface area (Å²) in [5, 5.41) is 0.675. The Bertz CT molecular complexity index is 472. The molecule has 0 atom stereocenters. The number of hydrogen-bond acceptors (Lipinski definition) is 5. The molecule has 0 aromatic carbocycles. The van der Waals surface area contributed by atoms with Crippen molar-refractivity contribution in [3.05, 3.63) is 18.1 Å². The van der Waals surface area contributed by atoms with Gasteiger partial charge in [-0.05, 0) is 32.9 Å². The van der Waals surface area contributed by atoms with Gasteiger partial charge in [0.15, 0.2) is 5.17 Å². The number of nitrogens with zero attached hydrogens (tertiary/aromatic N) is 4. The molecule has 1 aromatic heterocycles. The van der Waals surface area contributed by atoms with E-state index in [1.807, 2.05) is 19.2 Å². The molecule has 2 N–H and O–H groups in total. The highest BCUT2D eigenvalue weighted by atomic mass is 127. The van der Waals surface area contributed by atoms with Gasteiger partial charge in [0.1, 0.15) is 12.1 Å². The number of anilines is 1. The lowest BCUT2D eigenvalue weighted by Gasteiger charge is -2.37. The molecule has 1 saturated heterocycles. The molecule has 1 aromatic rings. The minimum atomic E-state index is -0.0360. The fourth-order valence-corrected chi connectivity index (χ4v) is 2.57. The molecule has 7 heteroatoms. The van der Waals surface area contributed by atoms with Crippen LogP contribution in [-0.2, 0) is 0 Å². The zero-order chi connectivity index (χ0) is 13.9. The summed E-state index contributed by atoms with van der Waals surface area (Å²) >= 11 is 1.51. The molecular weight excluding hydrogens is 385 g/mol. The second-order valence-corrected chi connectivity index (χ2v) is 5.98. The maximum absolute atomic E-state index is 5.83. The van der Waals surface area contributed by atoms with Crippen LogP contribution in [0.4, 0.5) is 5.82 Å². The smallest absolute Gasteiger partial charge is 0.154 e. The van der Waals surface area contributed by atoms with Crippen LogP contribution < -0.4 is 10.6 Å². The molecule has 0 radical (unpaired) electrons. The third-order valence-corrected chi connectivity index (χ3v) is 4.05. The van der Waals surface area contributed by atoms with Crippen LogP contribution in [0.2, 0.25) is 0 Å². The second-order valence-electron chi connectivity index (χ2n) is 5.16. The van der Waals surface area contributed by atoms with E-state index in [0.717, 1.165) is 37.4 Å². The Morgan fingerprint density at radius 3 is 2.60 bits per heavy atom. The van der Waals surface area contributed by atoms with Gasteiger partial charge in [-0.25, -0.2) is 9.97 Å². The molecular formula is C13H22IN5S. The average Bonchev–Trinajstić information content (AvgIpc) is 2.39. The number of rotatable bonds is 2. The van der Waals surface area contributed by atoms with Gasteiger partial charge in [0.05, 0.1) is 5.54 Å². The van der Waals surface area contributed by atoms with Crippen molar-refractivity contribution < 1.29 is 0 Å². The normalized spacial score (nSPS) is 18.6. The molecule has 0 unspecified atom stereocenters. The lowest BCUT2D eigenvalue weighted by Crippen LogP contribution is -2.42. The van der Waals surface area contributed by atoms with Crippen LogP contribution in [0.3, 0.4) is 0 Å². The van der Waals surface area contributed by atoms with Crippen molar-refractivity contribution in [2.75, 3.05) is 24.2 Å². The average molecular weight is 407 g/mol. The van der Waals surface area contributed by atoms with Gasteiger partial charge in [-0.1, -0.05) is 11.8 Å². The second kappa shape index (κ2) is 7.44. The van der Waals surface area contributed by atoms with E-state index in [2.05, 4.69) is 26.8 Å². The quantitative estimate of drug-likeness (QED) is 0.464. The summed E-state index contributed by atoms with van der Waals surface area (Å²) in [7, 11) is 0. The van der Waals surface area contributed by atoms with Crippen LogP contribution in [-0.4, -0.2) is 40.0 Å². The van der Waals surface area contributed by atoms with E-state index in [-0.39, 0.29) is 29.5 Å². The van der Waals surface area contributed by atoms with Crippen LogP contribution in [0.1, 0.15) is 25.5 Å². The number of thioether (sulfide) groups is 1. The number of nitrogens with two attached hydrogens (primary N) is 1. The molecule has 1 aliphatic heterocycles. The van der Waals surface area contributed by atoms with Crippen LogP contribution >= 0.6 is 35.7 Å². The highest BCUT2D eigenvalue weighted by Crippen LogP contribution is 2.28. The van der Waals surface area contributed by atoms with Crippen molar-refractivity contribution >= 4 is 46.7 Å². The summed E-state index contributed by atoms with van der Waals surface area (Å²) in [5.41, 5.74) is 6.80. The standard InChI is InChI=1S/C13H21N5S.HI/c1-10-8-11(16-9-15-10)18-6-4-13(2,5-7-18)17-12(14)19-3;/h8-9H,4-7H2,1-3H3,(H2,14,17);1H. The summed E-state index contributed by atoms with van der Waals surface area (Å²) in [6.45, 7) is 6.08. The van der Waals surface area contributed by atoms with E-state index in [0.29, 0.717) is 5.17 Å². The lowest BCUT2D eigenvalue weighted by atomic mass is 9.90. The Hall–Kier alpha value is -0.570. The third-order valence-electron chi connectivity index (χ3n) is 3.54. The molecule has 20 heavy (non-hydrogen) atoms. The third kappa shape index (κ3) is 4.47. The van der Waals surface area contributed by atoms with Crippen molar-refractivity contribution in [2.45, 2.75) is 32.2 Å². The monoisotopic (exact) mass is 407 g/mol. The van der Waals surface area contributed by atoms with Gasteiger partial charge in [-0.15, -0.1) is 24.0 Å². The minimum absolute atomic E-state index is 0. The SMILES string of the molecule is CSC(N)=NC1(C)CCN(c2cc(C)ncn2)CC1.I. The van der Waals surface area contributed by atoms with E-state index < -0.39 is 0 Å². The van der Waals surface area contributed by atoms with Crippen LogP contribution in [0.25, 0.3) is 0 Å². The molecule has 0 aliphatic carbocycles. The molecule has 0 spiro atoms. The van der Waals surface area contributed by atoms with Crippen molar-refractivity contribution in [2.24, 2.45) is 10.7 Å². The van der Waals surface area contributed by atoms with Crippen molar-refractivity contribution in [1.29, 1.82) is 0 Å². The van der Waals surface area contributed by atoms with Crippen molar-refractivity contribution in [3.8, 4) is 0 Å². The predicted molar refractivity (Wildman–Crippen MR) is 97.2 cm³/mol. The lowest BCUT2D eigenvalue weighted by molar-refractivity contribution is 0.366. The first-order chi connectivity index (χ1) is 9.02. The molecule has 5 nitrogen and oxygen atoms in total. The summed E-state index contributed by atoms with van der Waals surface area (Å²) in [5.74, 6) is 1.01. The molecule has 0 bridgehead atoms. The fraction of sp³-hybridized carbons (Fsp3) is 0.615. The van der Waals surface area contributed by atoms with Gasteiger partial charge < -0.3 is 10.6 Å². The van der Waals surface area contributed by atoms with E-state index in [1.54, 1.807) is 6.33 Å². The maximum Gasteiger partial charge on any atom is 0.154 e. The van der Waals surface area contributed by atoms with Gasteiger partial charge >= 0.3 is 0 Å². The Morgan fingerprint density at radius 2 is 2.05 bits per heavy atom. The Morgan fingerprint density at radius 1 is 1.40 bits per heavy atom. The number of hydrogen-bond donors (Lipinski definition) is 1. The Kier molecular flexibility index (Phi) is 6.50. The Labute approximate surface area is 141 Å². The number of amidine groups is 1. The number of halogens is 1. The number of aromatic nitrogens is 2. The Balaban J connectivity index is 0.00000200. The van der Waals surface area contributed by atoms with E-state index in [1.165, 1.54) is 11.8 Å². The number of aryl methyl sites for hydroxylation is 1. The number of aliphatic imine (C=N–C) groups is 1. The highest BCUT2D eigenvalue weighted by molar-refractivity contribution is 14.0. The largest absolute Gasteiger partial charge is 0.379 e. The van der Waals surface area contributed by atoms with Gasteiger partial charge in [0.25, 0.3) is 0 Å². The zero-order valence-corrected chi connectivity index (χ0v) is 15.3. The fourth-order valence-electron chi connectivity index (χ4n) is 2.25. The summed E-state index contributed by atoms with van der Waals surface area (Å²) in [4.78, 5) is 15.4. The molecule has 0 saturated carbocycles. The first kappa shape index (κ1) is 17.5. The van der Waals surface area contributed by atoms with Crippen LogP contribution in [0.5, 0.6) is 0 Å². The van der Waals surface area contributed by atoms with E-state index in [9.17, 15) is 0 Å². The van der Waals surface area contributed by atoms with E-state index in [4.69, 9.17) is 5.73 Å². The molecule has 2 rings (SSSR count). The van der Waals surface area contributed by atoms with E-state index >= 15 is 0 Å². The minimum Gasteiger partial charge on any atom is -0.379 e. The predicted octanol–water partition coefficient (Wildman–Crippen LogP) is 2.44. The van der Waals surface area contributed by atoms with Crippen molar-refractivity contribution in [3.63, 3.8) is 0 Å². The summed E-state index contributed by atoms with van der Waals surface area (Å²) < 4.78 is 0. The van der Waals surface area contributed by atoms with Crippen LogP contribution in [0, 0.1) is 6.92 Å². The molecule has 112 valence electrons. The maximum atomic E-state index is 5.83. The van der Waals surface area contributed by atoms with Gasteiger partial charge in [0.2, 0.25) is 0 Å².